The van der Waals surface area contributed by atoms with Gasteiger partial charge in [-0.15, -0.1) is 0 Å². The van der Waals surface area contributed by atoms with Crippen molar-refractivity contribution in [1.82, 2.24) is 4.98 Å². The fourth-order valence-corrected chi connectivity index (χ4v) is 4.21. The van der Waals surface area contributed by atoms with E-state index in [-0.39, 0.29) is 18.2 Å². The molecule has 7 nitrogen and oxygen atoms in total. The summed E-state index contributed by atoms with van der Waals surface area (Å²) in [5, 5.41) is 3.38. The molecule has 29 heavy (non-hydrogen) atoms. The van der Waals surface area contributed by atoms with Crippen molar-refractivity contribution in [1.29, 1.82) is 0 Å². The zero-order valence-electron chi connectivity index (χ0n) is 16.2. The first-order valence-electron chi connectivity index (χ1n) is 9.36. The Hall–Kier alpha value is -3.13. The van der Waals surface area contributed by atoms with Crippen LogP contribution >= 0.6 is 11.3 Å². The molecule has 1 aromatic heterocycles. The van der Waals surface area contributed by atoms with Crippen LogP contribution < -0.4 is 19.7 Å². The molecule has 0 bridgehead atoms. The minimum atomic E-state index is -0.421. The van der Waals surface area contributed by atoms with Gasteiger partial charge in [0, 0.05) is 18.7 Å². The molecule has 0 spiro atoms. The summed E-state index contributed by atoms with van der Waals surface area (Å²) >= 11 is 1.38. The van der Waals surface area contributed by atoms with Gasteiger partial charge in [-0.3, -0.25) is 9.59 Å². The van der Waals surface area contributed by atoms with Crippen LogP contribution in [0.15, 0.2) is 42.5 Å². The molecule has 2 aromatic carbocycles. The maximum atomic E-state index is 12.7. The Labute approximate surface area is 172 Å². The molecule has 1 unspecified atom stereocenters. The van der Waals surface area contributed by atoms with Gasteiger partial charge in [-0.1, -0.05) is 11.3 Å². The molecule has 2 amide bonds. The molecule has 1 atom stereocenters. The van der Waals surface area contributed by atoms with E-state index in [9.17, 15) is 9.59 Å². The first-order valence-corrected chi connectivity index (χ1v) is 10.2. The molecule has 1 N–H and O–H groups in total. The lowest BCUT2D eigenvalue weighted by Crippen LogP contribution is -2.28. The van der Waals surface area contributed by atoms with Crippen molar-refractivity contribution in [2.24, 2.45) is 5.92 Å². The van der Waals surface area contributed by atoms with E-state index >= 15 is 0 Å². The predicted octanol–water partition coefficient (Wildman–Crippen LogP) is 3.70. The number of nitrogens with zero attached hydrogens (tertiary/aromatic N) is 2. The maximum absolute atomic E-state index is 12.7. The number of hydrogen-bond donors (Lipinski definition) is 1. The van der Waals surface area contributed by atoms with Crippen molar-refractivity contribution in [3.05, 3.63) is 42.5 Å². The Bertz CT molecular complexity index is 1050. The highest BCUT2D eigenvalue weighted by atomic mass is 32.1. The summed E-state index contributed by atoms with van der Waals surface area (Å²) in [5.41, 5.74) is 1.56. The summed E-state index contributed by atoms with van der Waals surface area (Å²) in [6, 6.07) is 12.9. The van der Waals surface area contributed by atoms with Gasteiger partial charge in [0.1, 0.15) is 11.5 Å². The Morgan fingerprint density at radius 3 is 2.72 bits per heavy atom. The SMILES string of the molecule is CCOc1ccc(N2CC(C(=O)Nc3nc4ccc(OC)cc4s3)CC2=O)cc1. The number of carbonyl (C=O) groups is 2. The third kappa shape index (κ3) is 4.02. The number of amides is 2. The van der Waals surface area contributed by atoms with Crippen LogP contribution in [0.25, 0.3) is 10.2 Å². The number of fused-ring (bicyclic) bond motifs is 1. The van der Waals surface area contributed by atoms with Crippen LogP contribution in [-0.4, -0.2) is 37.1 Å². The van der Waals surface area contributed by atoms with Crippen molar-refractivity contribution < 1.29 is 19.1 Å². The summed E-state index contributed by atoms with van der Waals surface area (Å²) in [7, 11) is 1.61. The molecule has 1 aliphatic rings. The highest BCUT2D eigenvalue weighted by Gasteiger charge is 2.35. The molecule has 0 aliphatic carbocycles. The molecule has 4 rings (SSSR count). The van der Waals surface area contributed by atoms with Crippen LogP contribution in [0, 0.1) is 5.92 Å². The largest absolute Gasteiger partial charge is 0.497 e. The van der Waals surface area contributed by atoms with Crippen molar-refractivity contribution in [2.45, 2.75) is 13.3 Å². The fraction of sp³-hybridized carbons (Fsp3) is 0.286. The third-order valence-electron chi connectivity index (χ3n) is 4.78. The lowest BCUT2D eigenvalue weighted by atomic mass is 10.1. The third-order valence-corrected chi connectivity index (χ3v) is 5.71. The fourth-order valence-electron chi connectivity index (χ4n) is 3.31. The highest BCUT2D eigenvalue weighted by molar-refractivity contribution is 7.22. The second kappa shape index (κ2) is 8.08. The number of thiazole rings is 1. The van der Waals surface area contributed by atoms with Crippen LogP contribution in [0.3, 0.4) is 0 Å². The summed E-state index contributed by atoms with van der Waals surface area (Å²) in [6.07, 6.45) is 0.178. The monoisotopic (exact) mass is 411 g/mol. The van der Waals surface area contributed by atoms with E-state index in [1.54, 1.807) is 12.0 Å². The first-order chi connectivity index (χ1) is 14.1. The Balaban J connectivity index is 1.43. The minimum absolute atomic E-state index is 0.0663. The minimum Gasteiger partial charge on any atom is -0.497 e. The number of methoxy groups -OCH3 is 1. The molecular weight excluding hydrogens is 390 g/mol. The van der Waals surface area contributed by atoms with Gasteiger partial charge in [-0.25, -0.2) is 4.98 Å². The molecule has 1 saturated heterocycles. The van der Waals surface area contributed by atoms with E-state index in [2.05, 4.69) is 10.3 Å². The average molecular weight is 411 g/mol. The Morgan fingerprint density at radius 2 is 2.00 bits per heavy atom. The van der Waals surface area contributed by atoms with E-state index in [1.165, 1.54) is 11.3 Å². The summed E-state index contributed by atoms with van der Waals surface area (Å²) < 4.78 is 11.6. The molecule has 8 heteroatoms. The van der Waals surface area contributed by atoms with Gasteiger partial charge < -0.3 is 19.7 Å². The van der Waals surface area contributed by atoms with Crippen LogP contribution in [-0.2, 0) is 9.59 Å². The number of ether oxygens (including phenoxy) is 2. The quantitative estimate of drug-likeness (QED) is 0.669. The predicted molar refractivity (Wildman–Crippen MR) is 113 cm³/mol. The lowest BCUT2D eigenvalue weighted by Gasteiger charge is -2.17. The summed E-state index contributed by atoms with van der Waals surface area (Å²) in [6.45, 7) is 2.85. The van der Waals surface area contributed by atoms with Crippen LogP contribution in [0.5, 0.6) is 11.5 Å². The lowest BCUT2D eigenvalue weighted by molar-refractivity contribution is -0.122. The molecule has 3 aromatic rings. The zero-order valence-corrected chi connectivity index (χ0v) is 17.0. The Morgan fingerprint density at radius 1 is 1.24 bits per heavy atom. The van der Waals surface area contributed by atoms with E-state index in [0.717, 1.165) is 27.4 Å². The molecule has 150 valence electrons. The van der Waals surface area contributed by atoms with Crippen molar-refractivity contribution in [2.75, 3.05) is 30.5 Å². The van der Waals surface area contributed by atoms with E-state index in [1.807, 2.05) is 49.4 Å². The van der Waals surface area contributed by atoms with Crippen molar-refractivity contribution in [3.8, 4) is 11.5 Å². The molecule has 2 heterocycles. The topological polar surface area (TPSA) is 80.8 Å². The van der Waals surface area contributed by atoms with Gasteiger partial charge in [-0.2, -0.15) is 0 Å². The van der Waals surface area contributed by atoms with E-state index < -0.39 is 5.92 Å². The van der Waals surface area contributed by atoms with Gasteiger partial charge >= 0.3 is 0 Å². The van der Waals surface area contributed by atoms with Gasteiger partial charge in [0.15, 0.2) is 5.13 Å². The van der Waals surface area contributed by atoms with Crippen molar-refractivity contribution in [3.63, 3.8) is 0 Å². The van der Waals surface area contributed by atoms with Gasteiger partial charge in [0.2, 0.25) is 11.8 Å². The van der Waals surface area contributed by atoms with Gasteiger partial charge in [0.05, 0.1) is 29.9 Å². The van der Waals surface area contributed by atoms with Crippen LogP contribution in [0.2, 0.25) is 0 Å². The first kappa shape index (κ1) is 19.2. The van der Waals surface area contributed by atoms with Gasteiger partial charge in [-0.05, 0) is 49.4 Å². The van der Waals surface area contributed by atoms with E-state index in [0.29, 0.717) is 18.3 Å². The van der Waals surface area contributed by atoms with Crippen LogP contribution in [0.1, 0.15) is 13.3 Å². The summed E-state index contributed by atoms with van der Waals surface area (Å²) in [5.74, 6) is 0.813. The average Bonchev–Trinajstić information content (AvgIpc) is 3.31. The molecule has 1 fully saturated rings. The number of nitrogens with one attached hydrogen (secondary N) is 1. The molecule has 0 saturated carbocycles. The molecule has 1 aliphatic heterocycles. The molecular formula is C21H21N3O4S. The van der Waals surface area contributed by atoms with Gasteiger partial charge in [0.25, 0.3) is 0 Å². The smallest absolute Gasteiger partial charge is 0.231 e. The summed E-state index contributed by atoms with van der Waals surface area (Å²) in [4.78, 5) is 31.2. The second-order valence-electron chi connectivity index (χ2n) is 6.67. The number of carbonyl (C=O) groups excluding carboxylic acids is 2. The maximum Gasteiger partial charge on any atom is 0.231 e. The second-order valence-corrected chi connectivity index (χ2v) is 7.70. The molecule has 0 radical (unpaired) electrons. The zero-order chi connectivity index (χ0) is 20.4. The number of rotatable bonds is 6. The standard InChI is InChI=1S/C21H21N3O4S/c1-3-28-15-6-4-14(5-7-15)24-12-13(10-19(24)25)20(26)23-21-22-17-9-8-16(27-2)11-18(17)29-21/h4-9,11,13H,3,10,12H2,1-2H3,(H,22,23,26). The number of benzene rings is 2. The highest BCUT2D eigenvalue weighted by Crippen LogP contribution is 2.31. The normalized spacial score (nSPS) is 16.3. The van der Waals surface area contributed by atoms with Crippen LogP contribution in [0.4, 0.5) is 10.8 Å². The Kier molecular flexibility index (Phi) is 5.35. The number of hydrogen-bond acceptors (Lipinski definition) is 6. The number of anilines is 2. The number of aromatic nitrogens is 1. The van der Waals surface area contributed by atoms with Crippen molar-refractivity contribution >= 4 is 44.2 Å². The van der Waals surface area contributed by atoms with E-state index in [4.69, 9.17) is 9.47 Å².